The summed E-state index contributed by atoms with van der Waals surface area (Å²) in [4.78, 5) is 8.84. The molecule has 0 amide bonds. The molecule has 2 aromatic heterocycles. The number of para-hydroxylation sites is 1. The molecule has 0 saturated carbocycles. The fourth-order valence-electron chi connectivity index (χ4n) is 1.77. The van der Waals surface area contributed by atoms with Gasteiger partial charge in [-0.1, -0.05) is 24.3 Å². The molecule has 2 N–H and O–H groups in total. The van der Waals surface area contributed by atoms with E-state index < -0.39 is 0 Å². The van der Waals surface area contributed by atoms with Crippen LogP contribution in [0.2, 0.25) is 0 Å². The molecule has 82 valence electrons. The maximum absolute atomic E-state index is 5.61. The van der Waals surface area contributed by atoms with Crippen LogP contribution in [-0.2, 0) is 0 Å². The molecule has 0 aliphatic carbocycles. The van der Waals surface area contributed by atoms with Crippen molar-refractivity contribution in [2.45, 2.75) is 0 Å². The van der Waals surface area contributed by atoms with Crippen molar-refractivity contribution in [1.82, 2.24) is 9.97 Å². The molecule has 3 rings (SSSR count). The Kier molecular flexibility index (Phi) is 2.22. The summed E-state index contributed by atoms with van der Waals surface area (Å²) in [7, 11) is 0. The topological polar surface area (TPSA) is 51.8 Å². The van der Waals surface area contributed by atoms with Gasteiger partial charge in [0, 0.05) is 5.39 Å². The summed E-state index contributed by atoms with van der Waals surface area (Å²) in [5.41, 5.74) is 8.95. The SMILES string of the molecule is Nc1ccc(-c2ccc3ccccc3n2)nc1. The first-order valence-corrected chi connectivity index (χ1v) is 5.41. The minimum absolute atomic E-state index is 0.662. The molecule has 0 radical (unpaired) electrons. The lowest BCUT2D eigenvalue weighted by molar-refractivity contribution is 1.28. The van der Waals surface area contributed by atoms with Gasteiger partial charge in [-0.3, -0.25) is 4.98 Å². The average Bonchev–Trinajstić information content (AvgIpc) is 2.39. The van der Waals surface area contributed by atoms with E-state index in [2.05, 4.69) is 16.0 Å². The number of fused-ring (bicyclic) bond motifs is 1. The third kappa shape index (κ3) is 1.83. The predicted molar refractivity (Wildman–Crippen MR) is 69.4 cm³/mol. The van der Waals surface area contributed by atoms with Crippen LogP contribution < -0.4 is 5.73 Å². The second kappa shape index (κ2) is 3.87. The molecule has 0 atom stereocenters. The van der Waals surface area contributed by atoms with Gasteiger partial charge >= 0.3 is 0 Å². The largest absolute Gasteiger partial charge is 0.397 e. The monoisotopic (exact) mass is 221 g/mol. The van der Waals surface area contributed by atoms with Crippen molar-refractivity contribution in [2.24, 2.45) is 0 Å². The normalized spacial score (nSPS) is 10.6. The highest BCUT2D eigenvalue weighted by Gasteiger charge is 2.01. The van der Waals surface area contributed by atoms with E-state index in [0.29, 0.717) is 5.69 Å². The minimum Gasteiger partial charge on any atom is -0.397 e. The molecular weight excluding hydrogens is 210 g/mol. The van der Waals surface area contributed by atoms with Crippen LogP contribution in [0.5, 0.6) is 0 Å². The molecule has 1 aromatic carbocycles. The maximum atomic E-state index is 5.61. The van der Waals surface area contributed by atoms with Crippen LogP contribution in [0.4, 0.5) is 5.69 Å². The Morgan fingerprint density at radius 2 is 1.65 bits per heavy atom. The van der Waals surface area contributed by atoms with Gasteiger partial charge < -0.3 is 5.73 Å². The predicted octanol–water partition coefficient (Wildman–Crippen LogP) is 2.88. The van der Waals surface area contributed by atoms with Gasteiger partial charge in [0.15, 0.2) is 0 Å². The fourth-order valence-corrected chi connectivity index (χ4v) is 1.77. The molecule has 2 heterocycles. The second-order valence-corrected chi connectivity index (χ2v) is 3.87. The number of nitrogen functional groups attached to an aromatic ring is 1. The zero-order valence-electron chi connectivity index (χ0n) is 9.17. The Bertz CT molecular complexity index is 660. The van der Waals surface area contributed by atoms with Crippen LogP contribution in [0, 0.1) is 0 Å². The van der Waals surface area contributed by atoms with Gasteiger partial charge in [-0.05, 0) is 24.3 Å². The van der Waals surface area contributed by atoms with Gasteiger partial charge in [0.25, 0.3) is 0 Å². The van der Waals surface area contributed by atoms with Gasteiger partial charge in [-0.25, -0.2) is 4.98 Å². The Labute approximate surface area is 98.9 Å². The molecule has 0 bridgehead atoms. The zero-order valence-corrected chi connectivity index (χ0v) is 9.17. The molecular formula is C14H11N3. The van der Waals surface area contributed by atoms with Crippen molar-refractivity contribution in [3.63, 3.8) is 0 Å². The van der Waals surface area contributed by atoms with E-state index in [-0.39, 0.29) is 0 Å². The average molecular weight is 221 g/mol. The van der Waals surface area contributed by atoms with Crippen molar-refractivity contribution in [2.75, 3.05) is 5.73 Å². The fraction of sp³-hybridized carbons (Fsp3) is 0. The Hall–Kier alpha value is -2.42. The van der Waals surface area contributed by atoms with Crippen LogP contribution in [0.25, 0.3) is 22.3 Å². The lowest BCUT2D eigenvalue weighted by Crippen LogP contribution is -1.90. The first-order chi connectivity index (χ1) is 8.33. The van der Waals surface area contributed by atoms with Gasteiger partial charge in [0.2, 0.25) is 0 Å². The van der Waals surface area contributed by atoms with Crippen LogP contribution in [0.3, 0.4) is 0 Å². The molecule has 0 unspecified atom stereocenters. The summed E-state index contributed by atoms with van der Waals surface area (Å²) in [6.07, 6.45) is 1.65. The first-order valence-electron chi connectivity index (χ1n) is 5.41. The van der Waals surface area contributed by atoms with Crippen molar-refractivity contribution in [3.8, 4) is 11.4 Å². The van der Waals surface area contributed by atoms with E-state index >= 15 is 0 Å². The van der Waals surface area contributed by atoms with E-state index in [9.17, 15) is 0 Å². The molecule has 0 saturated heterocycles. The highest BCUT2D eigenvalue weighted by Crippen LogP contribution is 2.19. The standard InChI is InChI=1S/C14H11N3/c15-11-6-8-13(16-9-11)14-7-5-10-3-1-2-4-12(10)17-14/h1-9H,15H2. The Morgan fingerprint density at radius 3 is 2.47 bits per heavy atom. The summed E-state index contributed by atoms with van der Waals surface area (Å²) >= 11 is 0. The summed E-state index contributed by atoms with van der Waals surface area (Å²) in [5.74, 6) is 0. The van der Waals surface area contributed by atoms with E-state index in [4.69, 9.17) is 5.73 Å². The van der Waals surface area contributed by atoms with E-state index in [1.54, 1.807) is 6.20 Å². The van der Waals surface area contributed by atoms with Crippen LogP contribution in [0.15, 0.2) is 54.7 Å². The number of anilines is 1. The van der Waals surface area contributed by atoms with E-state index in [0.717, 1.165) is 22.3 Å². The van der Waals surface area contributed by atoms with Gasteiger partial charge in [-0.15, -0.1) is 0 Å². The summed E-state index contributed by atoms with van der Waals surface area (Å²) in [5, 5.41) is 1.13. The number of rotatable bonds is 1. The highest BCUT2D eigenvalue weighted by molar-refractivity contribution is 5.80. The molecule has 3 nitrogen and oxygen atoms in total. The third-order valence-corrected chi connectivity index (χ3v) is 2.65. The Morgan fingerprint density at radius 1 is 0.824 bits per heavy atom. The van der Waals surface area contributed by atoms with Crippen molar-refractivity contribution < 1.29 is 0 Å². The van der Waals surface area contributed by atoms with Gasteiger partial charge in [0.1, 0.15) is 0 Å². The molecule has 3 aromatic rings. The number of nitrogens with two attached hydrogens (primary N) is 1. The summed E-state index contributed by atoms with van der Waals surface area (Å²) in [6.45, 7) is 0. The number of aromatic nitrogens is 2. The molecule has 0 fully saturated rings. The lowest BCUT2D eigenvalue weighted by atomic mass is 10.1. The van der Waals surface area contributed by atoms with E-state index in [1.807, 2.05) is 42.5 Å². The van der Waals surface area contributed by atoms with Crippen LogP contribution in [-0.4, -0.2) is 9.97 Å². The molecule has 17 heavy (non-hydrogen) atoms. The number of hydrogen-bond acceptors (Lipinski definition) is 3. The molecule has 0 spiro atoms. The van der Waals surface area contributed by atoms with Gasteiger partial charge in [0.05, 0.1) is 28.8 Å². The third-order valence-electron chi connectivity index (χ3n) is 2.65. The van der Waals surface area contributed by atoms with Crippen molar-refractivity contribution in [3.05, 3.63) is 54.7 Å². The number of benzene rings is 1. The van der Waals surface area contributed by atoms with E-state index in [1.165, 1.54) is 0 Å². The van der Waals surface area contributed by atoms with Crippen LogP contribution >= 0.6 is 0 Å². The summed E-state index contributed by atoms with van der Waals surface area (Å²) in [6, 6.07) is 15.8. The molecule has 0 aliphatic rings. The van der Waals surface area contributed by atoms with Crippen molar-refractivity contribution >= 4 is 16.6 Å². The quantitative estimate of drug-likeness (QED) is 0.687. The first kappa shape index (κ1) is 9.78. The number of nitrogens with zero attached hydrogens (tertiary/aromatic N) is 2. The van der Waals surface area contributed by atoms with Crippen molar-refractivity contribution in [1.29, 1.82) is 0 Å². The minimum atomic E-state index is 0.662. The van der Waals surface area contributed by atoms with Gasteiger partial charge in [-0.2, -0.15) is 0 Å². The molecule has 3 heteroatoms. The maximum Gasteiger partial charge on any atom is 0.0893 e. The number of pyridine rings is 2. The zero-order chi connectivity index (χ0) is 11.7. The molecule has 0 aliphatic heterocycles. The summed E-state index contributed by atoms with van der Waals surface area (Å²) < 4.78 is 0. The Balaban J connectivity index is 2.14. The number of hydrogen-bond donors (Lipinski definition) is 1. The smallest absolute Gasteiger partial charge is 0.0893 e. The lowest BCUT2D eigenvalue weighted by Gasteiger charge is -2.02. The van der Waals surface area contributed by atoms with Crippen LogP contribution in [0.1, 0.15) is 0 Å². The highest BCUT2D eigenvalue weighted by atomic mass is 14.8. The second-order valence-electron chi connectivity index (χ2n) is 3.87.